The summed E-state index contributed by atoms with van der Waals surface area (Å²) in [7, 11) is -2.21. The molecule has 3 fully saturated rings. The van der Waals surface area contributed by atoms with Crippen LogP contribution in [-0.2, 0) is 24.3 Å². The second-order valence-corrected chi connectivity index (χ2v) is 12.5. The van der Waals surface area contributed by atoms with Gasteiger partial charge in [-0.15, -0.1) is 0 Å². The molecular weight excluding hydrogens is 546 g/mol. The molecule has 2 aromatic carbocycles. The highest BCUT2D eigenvalue weighted by Crippen LogP contribution is 2.40. The standard InChI is InChI=1S/C30H37N3O7S/c1-39-24-11-9-22(10-12-24)27-26(29(35)30(36)33(27)16-6-13-31-17-19-40-20-18-31)28(34)23-7-5-8-25(21-23)41(37,38)32-14-3-2-4-15-32/h5,7-12,21,27,34H,2-4,6,13-20H2,1H3/t27-/m1/s1. The third-order valence-electron chi connectivity index (χ3n) is 8.01. The fourth-order valence-electron chi connectivity index (χ4n) is 5.75. The van der Waals surface area contributed by atoms with Crippen molar-refractivity contribution >= 4 is 27.5 Å². The van der Waals surface area contributed by atoms with Crippen LogP contribution < -0.4 is 4.74 Å². The normalized spacial score (nSPS) is 22.3. The van der Waals surface area contributed by atoms with E-state index in [1.165, 1.54) is 21.3 Å². The zero-order valence-corrected chi connectivity index (χ0v) is 24.1. The van der Waals surface area contributed by atoms with Crippen molar-refractivity contribution in [2.45, 2.75) is 36.6 Å². The van der Waals surface area contributed by atoms with Crippen LogP contribution in [0.25, 0.3) is 5.76 Å². The van der Waals surface area contributed by atoms with Crippen LogP contribution in [-0.4, -0.2) is 98.9 Å². The van der Waals surface area contributed by atoms with E-state index in [2.05, 4.69) is 4.90 Å². The lowest BCUT2D eigenvalue weighted by molar-refractivity contribution is -0.140. The lowest BCUT2D eigenvalue weighted by atomic mass is 9.95. The number of aliphatic hydroxyl groups is 1. The number of carbonyl (C=O) groups excluding carboxylic acids is 2. The average Bonchev–Trinajstić information content (AvgIpc) is 3.27. The van der Waals surface area contributed by atoms with Crippen LogP contribution in [0.1, 0.15) is 42.9 Å². The van der Waals surface area contributed by atoms with Crippen LogP contribution >= 0.6 is 0 Å². The van der Waals surface area contributed by atoms with Crippen molar-refractivity contribution in [2.24, 2.45) is 0 Å². The first-order chi connectivity index (χ1) is 19.8. The summed E-state index contributed by atoms with van der Waals surface area (Å²) < 4.78 is 38.8. The van der Waals surface area contributed by atoms with Crippen molar-refractivity contribution in [2.75, 3.05) is 59.6 Å². The maximum Gasteiger partial charge on any atom is 0.295 e. The lowest BCUT2D eigenvalue weighted by Gasteiger charge is -2.29. The number of likely N-dealkylation sites (tertiary alicyclic amines) is 1. The largest absolute Gasteiger partial charge is 0.507 e. The number of ether oxygens (including phenoxy) is 2. The van der Waals surface area contributed by atoms with Gasteiger partial charge < -0.3 is 19.5 Å². The highest BCUT2D eigenvalue weighted by molar-refractivity contribution is 7.89. The second-order valence-electron chi connectivity index (χ2n) is 10.6. The molecule has 0 spiro atoms. The van der Waals surface area contributed by atoms with Crippen molar-refractivity contribution in [1.82, 2.24) is 14.1 Å². The Balaban J connectivity index is 1.49. The molecule has 3 aliphatic heterocycles. The number of methoxy groups -OCH3 is 1. The van der Waals surface area contributed by atoms with Crippen LogP contribution in [0, 0.1) is 0 Å². The molecule has 10 nitrogen and oxygen atoms in total. The van der Waals surface area contributed by atoms with E-state index in [9.17, 15) is 23.1 Å². The van der Waals surface area contributed by atoms with Crippen molar-refractivity contribution in [1.29, 1.82) is 0 Å². The highest BCUT2D eigenvalue weighted by Gasteiger charge is 2.46. The molecule has 3 aliphatic rings. The Kier molecular flexibility index (Phi) is 9.08. The number of aliphatic hydroxyl groups excluding tert-OH is 1. The van der Waals surface area contributed by atoms with Gasteiger partial charge in [-0.1, -0.05) is 30.7 Å². The quantitative estimate of drug-likeness (QED) is 0.272. The Hall–Kier alpha value is -3.25. The maximum absolute atomic E-state index is 13.4. The molecule has 1 atom stereocenters. The van der Waals surface area contributed by atoms with E-state index >= 15 is 0 Å². The Bertz CT molecular complexity index is 1400. The van der Waals surface area contributed by atoms with Crippen molar-refractivity contribution in [3.63, 3.8) is 0 Å². The topological polar surface area (TPSA) is 117 Å². The fraction of sp³-hybridized carbons (Fsp3) is 0.467. The predicted molar refractivity (Wildman–Crippen MR) is 153 cm³/mol. The van der Waals surface area contributed by atoms with E-state index in [-0.39, 0.29) is 16.0 Å². The summed E-state index contributed by atoms with van der Waals surface area (Å²) in [4.78, 5) is 30.6. The van der Waals surface area contributed by atoms with Crippen molar-refractivity contribution < 1.29 is 32.6 Å². The number of ketones is 1. The number of benzene rings is 2. The lowest BCUT2D eigenvalue weighted by Crippen LogP contribution is -2.38. The fourth-order valence-corrected chi connectivity index (χ4v) is 7.31. The van der Waals surface area contributed by atoms with Gasteiger partial charge in [0.1, 0.15) is 11.5 Å². The Morgan fingerprint density at radius 3 is 2.37 bits per heavy atom. The number of rotatable bonds is 9. The third-order valence-corrected chi connectivity index (χ3v) is 9.90. The molecule has 1 amide bonds. The number of amides is 1. The average molecular weight is 584 g/mol. The van der Waals surface area contributed by atoms with Gasteiger partial charge in [0.2, 0.25) is 10.0 Å². The van der Waals surface area contributed by atoms with Crippen LogP contribution in [0.4, 0.5) is 0 Å². The van der Waals surface area contributed by atoms with Crippen molar-refractivity contribution in [3.8, 4) is 5.75 Å². The summed E-state index contributed by atoms with van der Waals surface area (Å²) in [6, 6.07) is 12.2. The van der Waals surface area contributed by atoms with Crippen molar-refractivity contribution in [3.05, 3.63) is 65.2 Å². The minimum absolute atomic E-state index is 0.0455. The van der Waals surface area contributed by atoms with E-state index in [0.29, 0.717) is 50.6 Å². The van der Waals surface area contributed by atoms with Crippen LogP contribution in [0.15, 0.2) is 59.0 Å². The number of piperidine rings is 1. The molecule has 0 aromatic heterocycles. The molecule has 3 saturated heterocycles. The molecule has 0 unspecified atom stereocenters. The molecule has 0 bridgehead atoms. The summed E-state index contributed by atoms with van der Waals surface area (Å²) >= 11 is 0. The molecule has 3 heterocycles. The minimum Gasteiger partial charge on any atom is -0.507 e. The zero-order valence-electron chi connectivity index (χ0n) is 23.3. The molecule has 11 heteroatoms. The molecule has 0 aliphatic carbocycles. The molecule has 41 heavy (non-hydrogen) atoms. The van der Waals surface area contributed by atoms with Gasteiger partial charge in [-0.3, -0.25) is 14.5 Å². The van der Waals surface area contributed by atoms with Crippen LogP contribution in [0.3, 0.4) is 0 Å². The number of hydrogen-bond donors (Lipinski definition) is 1. The Morgan fingerprint density at radius 2 is 1.68 bits per heavy atom. The van der Waals surface area contributed by atoms with E-state index in [1.54, 1.807) is 43.5 Å². The summed E-state index contributed by atoms with van der Waals surface area (Å²) in [5.74, 6) is -1.25. The van der Waals surface area contributed by atoms with Gasteiger partial charge in [0.05, 0.1) is 36.8 Å². The maximum atomic E-state index is 13.4. The number of sulfonamides is 1. The van der Waals surface area contributed by atoms with Gasteiger partial charge in [0.15, 0.2) is 0 Å². The summed E-state index contributed by atoms with van der Waals surface area (Å²) in [5.41, 5.74) is 0.766. The molecule has 0 radical (unpaired) electrons. The molecule has 0 saturated carbocycles. The van der Waals surface area contributed by atoms with Gasteiger partial charge in [0.25, 0.3) is 11.7 Å². The van der Waals surface area contributed by atoms with Crippen LogP contribution in [0.2, 0.25) is 0 Å². The monoisotopic (exact) mass is 583 g/mol. The molecule has 5 rings (SSSR count). The smallest absolute Gasteiger partial charge is 0.295 e. The zero-order chi connectivity index (χ0) is 29.0. The molecule has 1 N–H and O–H groups in total. The molecule has 220 valence electrons. The van der Waals surface area contributed by atoms with E-state index < -0.39 is 33.5 Å². The first kappa shape index (κ1) is 29.2. The number of morpholine rings is 1. The second kappa shape index (κ2) is 12.7. The number of carbonyl (C=O) groups is 2. The first-order valence-electron chi connectivity index (χ1n) is 14.1. The van der Waals surface area contributed by atoms with E-state index in [1.807, 2.05) is 0 Å². The van der Waals surface area contributed by atoms with Gasteiger partial charge in [-0.2, -0.15) is 4.31 Å². The highest BCUT2D eigenvalue weighted by atomic mass is 32.2. The SMILES string of the molecule is COc1ccc([C@@H]2C(=C(O)c3cccc(S(=O)(=O)N4CCCCC4)c3)C(=O)C(=O)N2CCCN2CCOCC2)cc1. The van der Waals surface area contributed by atoms with Gasteiger partial charge in [-0.25, -0.2) is 8.42 Å². The first-order valence-corrected chi connectivity index (χ1v) is 15.6. The Morgan fingerprint density at radius 1 is 0.976 bits per heavy atom. The number of hydrogen-bond acceptors (Lipinski definition) is 8. The summed E-state index contributed by atoms with van der Waals surface area (Å²) in [5, 5.41) is 11.5. The Labute approximate surface area is 241 Å². The molecular formula is C30H37N3O7S. The van der Waals surface area contributed by atoms with Crippen LogP contribution in [0.5, 0.6) is 5.75 Å². The van der Waals surface area contributed by atoms with Gasteiger partial charge >= 0.3 is 0 Å². The predicted octanol–water partition coefficient (Wildman–Crippen LogP) is 3.01. The van der Waals surface area contributed by atoms with E-state index in [0.717, 1.165) is 38.9 Å². The minimum atomic E-state index is -3.76. The van der Waals surface area contributed by atoms with E-state index in [4.69, 9.17) is 9.47 Å². The van der Waals surface area contributed by atoms with Gasteiger partial charge in [0, 0.05) is 44.8 Å². The summed E-state index contributed by atoms with van der Waals surface area (Å²) in [6.07, 6.45) is 3.24. The van der Waals surface area contributed by atoms with Gasteiger partial charge in [-0.05, 0) is 49.1 Å². The third kappa shape index (κ3) is 6.18. The molecule has 2 aromatic rings. The summed E-state index contributed by atoms with van der Waals surface area (Å²) in [6.45, 7) is 4.94. The number of nitrogens with zero attached hydrogens (tertiary/aromatic N) is 3. The number of Topliss-reactive ketones (excluding diaryl/α,β-unsaturated/α-hetero) is 1.